The summed E-state index contributed by atoms with van der Waals surface area (Å²) in [4.78, 5) is 4.38. The van der Waals surface area contributed by atoms with Gasteiger partial charge in [0.05, 0.1) is 0 Å². The van der Waals surface area contributed by atoms with Crippen LogP contribution in [-0.4, -0.2) is 29.8 Å². The average Bonchev–Trinajstić information content (AvgIpc) is 2.79. The third-order valence-corrected chi connectivity index (χ3v) is 2.75. The molecular weight excluding hydrogens is 206 g/mol. The lowest BCUT2D eigenvalue weighted by Crippen LogP contribution is -2.26. The van der Waals surface area contributed by atoms with Crippen molar-refractivity contribution >= 4 is 0 Å². The molecule has 2 rings (SSSR count). The quantitative estimate of drug-likeness (QED) is 0.769. The smallest absolute Gasteiger partial charge is 0.229 e. The summed E-state index contributed by atoms with van der Waals surface area (Å²) >= 11 is 0. The van der Waals surface area contributed by atoms with Gasteiger partial charge in [-0.05, 0) is 32.4 Å². The van der Waals surface area contributed by atoms with E-state index in [1.165, 1.54) is 0 Å². The maximum absolute atomic E-state index is 5.37. The van der Waals surface area contributed by atoms with Crippen LogP contribution in [0.4, 0.5) is 0 Å². The van der Waals surface area contributed by atoms with E-state index in [2.05, 4.69) is 22.4 Å². The standard InChI is InChI=1S/C11H19N3O2/c1-2-7-15-8-10-13-11(16-14-10)9-3-5-12-6-4-9/h9,12H,2-8H2,1H3. The first kappa shape index (κ1) is 11.5. The predicted molar refractivity (Wildman–Crippen MR) is 59.1 cm³/mol. The number of ether oxygens (including phenoxy) is 1. The van der Waals surface area contributed by atoms with Gasteiger partial charge >= 0.3 is 0 Å². The highest BCUT2D eigenvalue weighted by atomic mass is 16.5. The molecule has 0 saturated carbocycles. The van der Waals surface area contributed by atoms with Crippen LogP contribution in [-0.2, 0) is 11.3 Å². The molecule has 1 aromatic heterocycles. The zero-order chi connectivity index (χ0) is 11.2. The van der Waals surface area contributed by atoms with Gasteiger partial charge in [-0.2, -0.15) is 4.98 Å². The predicted octanol–water partition coefficient (Wildman–Crippen LogP) is 1.46. The van der Waals surface area contributed by atoms with Gasteiger partial charge in [-0.15, -0.1) is 0 Å². The third kappa shape index (κ3) is 3.02. The highest BCUT2D eigenvalue weighted by molar-refractivity contribution is 4.95. The van der Waals surface area contributed by atoms with Crippen molar-refractivity contribution < 1.29 is 9.26 Å². The molecule has 0 unspecified atom stereocenters. The third-order valence-electron chi connectivity index (χ3n) is 2.75. The number of aromatic nitrogens is 2. The Balaban J connectivity index is 1.85. The van der Waals surface area contributed by atoms with E-state index in [-0.39, 0.29) is 0 Å². The second-order valence-electron chi connectivity index (χ2n) is 4.13. The van der Waals surface area contributed by atoms with Gasteiger partial charge in [0.2, 0.25) is 5.89 Å². The van der Waals surface area contributed by atoms with Crippen molar-refractivity contribution in [2.24, 2.45) is 0 Å². The summed E-state index contributed by atoms with van der Waals surface area (Å²) in [5.41, 5.74) is 0. The molecule has 1 saturated heterocycles. The molecule has 0 aromatic carbocycles. The molecule has 5 heteroatoms. The first-order valence-electron chi connectivity index (χ1n) is 6.01. The van der Waals surface area contributed by atoms with Crippen molar-refractivity contribution in [3.05, 3.63) is 11.7 Å². The van der Waals surface area contributed by atoms with Crippen molar-refractivity contribution in [2.75, 3.05) is 19.7 Å². The molecule has 0 radical (unpaired) electrons. The minimum atomic E-state index is 0.425. The lowest BCUT2D eigenvalue weighted by Gasteiger charge is -2.18. The largest absolute Gasteiger partial charge is 0.373 e. The van der Waals surface area contributed by atoms with Gasteiger partial charge in [0.1, 0.15) is 6.61 Å². The van der Waals surface area contributed by atoms with Crippen LogP contribution in [0.1, 0.15) is 43.8 Å². The Morgan fingerprint density at radius 2 is 2.25 bits per heavy atom. The molecule has 0 bridgehead atoms. The molecule has 1 aliphatic rings. The van der Waals surface area contributed by atoms with E-state index in [0.29, 0.717) is 18.3 Å². The lowest BCUT2D eigenvalue weighted by atomic mass is 9.98. The van der Waals surface area contributed by atoms with E-state index in [1.807, 2.05) is 0 Å². The molecule has 0 atom stereocenters. The molecule has 1 fully saturated rings. The van der Waals surface area contributed by atoms with Crippen LogP contribution in [0, 0.1) is 0 Å². The molecule has 16 heavy (non-hydrogen) atoms. The van der Waals surface area contributed by atoms with Gasteiger partial charge in [-0.3, -0.25) is 0 Å². The van der Waals surface area contributed by atoms with Crippen molar-refractivity contribution in [1.29, 1.82) is 0 Å². The zero-order valence-corrected chi connectivity index (χ0v) is 9.74. The van der Waals surface area contributed by atoms with Crippen molar-refractivity contribution in [1.82, 2.24) is 15.5 Å². The normalized spacial score (nSPS) is 17.8. The van der Waals surface area contributed by atoms with Gasteiger partial charge in [0.15, 0.2) is 5.82 Å². The van der Waals surface area contributed by atoms with E-state index in [9.17, 15) is 0 Å². The summed E-state index contributed by atoms with van der Waals surface area (Å²) in [6.07, 6.45) is 3.17. The van der Waals surface area contributed by atoms with Crippen LogP contribution in [0.15, 0.2) is 4.52 Å². The molecule has 90 valence electrons. The van der Waals surface area contributed by atoms with Gasteiger partial charge in [-0.1, -0.05) is 12.1 Å². The second-order valence-corrected chi connectivity index (χ2v) is 4.13. The Morgan fingerprint density at radius 1 is 1.44 bits per heavy atom. The van der Waals surface area contributed by atoms with Gasteiger partial charge < -0.3 is 14.6 Å². The van der Waals surface area contributed by atoms with E-state index in [1.54, 1.807) is 0 Å². The fraction of sp³-hybridized carbons (Fsp3) is 0.818. The molecule has 5 nitrogen and oxygen atoms in total. The number of hydrogen-bond acceptors (Lipinski definition) is 5. The van der Waals surface area contributed by atoms with Gasteiger partial charge in [0.25, 0.3) is 0 Å². The summed E-state index contributed by atoms with van der Waals surface area (Å²) in [6, 6.07) is 0. The second kappa shape index (κ2) is 5.96. The molecule has 1 N–H and O–H groups in total. The summed E-state index contributed by atoms with van der Waals surface area (Å²) in [7, 11) is 0. The summed E-state index contributed by atoms with van der Waals surface area (Å²) in [5, 5.41) is 7.25. The lowest BCUT2D eigenvalue weighted by molar-refractivity contribution is 0.114. The maximum atomic E-state index is 5.37. The van der Waals surface area contributed by atoms with E-state index in [4.69, 9.17) is 9.26 Å². The summed E-state index contributed by atoms with van der Waals surface area (Å²) < 4.78 is 10.6. The van der Waals surface area contributed by atoms with Crippen LogP contribution in [0.3, 0.4) is 0 Å². The average molecular weight is 225 g/mol. The Kier molecular flexibility index (Phi) is 4.30. The first-order chi connectivity index (χ1) is 7.90. The van der Waals surface area contributed by atoms with Crippen molar-refractivity contribution in [3.63, 3.8) is 0 Å². The van der Waals surface area contributed by atoms with Crippen LogP contribution >= 0.6 is 0 Å². The molecule has 0 spiro atoms. The van der Waals surface area contributed by atoms with Crippen molar-refractivity contribution in [2.45, 2.75) is 38.7 Å². The number of piperidine rings is 1. The highest BCUT2D eigenvalue weighted by Crippen LogP contribution is 2.23. The Morgan fingerprint density at radius 3 is 3.00 bits per heavy atom. The van der Waals surface area contributed by atoms with Crippen LogP contribution < -0.4 is 5.32 Å². The molecule has 0 amide bonds. The highest BCUT2D eigenvalue weighted by Gasteiger charge is 2.21. The fourth-order valence-electron chi connectivity index (χ4n) is 1.87. The molecule has 0 aliphatic carbocycles. The van der Waals surface area contributed by atoms with E-state index in [0.717, 1.165) is 44.8 Å². The maximum Gasteiger partial charge on any atom is 0.229 e. The minimum Gasteiger partial charge on any atom is -0.373 e. The van der Waals surface area contributed by atoms with Gasteiger partial charge in [0, 0.05) is 12.5 Å². The van der Waals surface area contributed by atoms with Crippen molar-refractivity contribution in [3.8, 4) is 0 Å². The topological polar surface area (TPSA) is 60.2 Å². The number of hydrogen-bond donors (Lipinski definition) is 1. The Hall–Kier alpha value is -0.940. The van der Waals surface area contributed by atoms with Crippen LogP contribution in [0.5, 0.6) is 0 Å². The van der Waals surface area contributed by atoms with E-state index >= 15 is 0 Å². The number of rotatable bonds is 5. The molecule has 1 aromatic rings. The molecule has 2 heterocycles. The summed E-state index contributed by atoms with van der Waals surface area (Å²) in [5.74, 6) is 1.87. The van der Waals surface area contributed by atoms with Crippen LogP contribution in [0.2, 0.25) is 0 Å². The Labute approximate surface area is 95.6 Å². The Bertz CT molecular complexity index is 308. The monoisotopic (exact) mass is 225 g/mol. The van der Waals surface area contributed by atoms with E-state index < -0.39 is 0 Å². The zero-order valence-electron chi connectivity index (χ0n) is 9.74. The number of nitrogens with zero attached hydrogens (tertiary/aromatic N) is 2. The first-order valence-corrected chi connectivity index (χ1v) is 6.01. The van der Waals surface area contributed by atoms with Crippen LogP contribution in [0.25, 0.3) is 0 Å². The minimum absolute atomic E-state index is 0.425. The molecular formula is C11H19N3O2. The number of nitrogens with one attached hydrogen (secondary N) is 1. The van der Waals surface area contributed by atoms with Gasteiger partial charge in [-0.25, -0.2) is 0 Å². The SMILES string of the molecule is CCCOCc1noc(C2CCNCC2)n1. The molecule has 1 aliphatic heterocycles. The summed E-state index contributed by atoms with van der Waals surface area (Å²) in [6.45, 7) is 5.36. The fourth-order valence-corrected chi connectivity index (χ4v) is 1.87.